The summed E-state index contributed by atoms with van der Waals surface area (Å²) in [5, 5.41) is 4.91. The molecule has 1 heterocycles. The van der Waals surface area contributed by atoms with Gasteiger partial charge in [0.15, 0.2) is 0 Å². The average molecular weight is 212 g/mol. The molecule has 0 saturated carbocycles. The summed E-state index contributed by atoms with van der Waals surface area (Å²) in [4.78, 5) is 15.5. The zero-order chi connectivity index (χ0) is 10.4. The molecule has 0 spiro atoms. The smallest absolute Gasteiger partial charge is 0.220 e. The van der Waals surface area contributed by atoms with Crippen LogP contribution in [0.3, 0.4) is 0 Å². The quantitative estimate of drug-likeness (QED) is 0.811. The first-order valence-electron chi connectivity index (χ1n) is 4.88. The van der Waals surface area contributed by atoms with E-state index in [1.165, 1.54) is 0 Å². The summed E-state index contributed by atoms with van der Waals surface area (Å²) in [6.45, 7) is 4.08. The molecule has 1 atom stereocenters. The Morgan fingerprint density at radius 2 is 2.50 bits per heavy atom. The predicted molar refractivity (Wildman–Crippen MR) is 58.3 cm³/mol. The third kappa shape index (κ3) is 3.87. The van der Waals surface area contributed by atoms with E-state index in [4.69, 9.17) is 0 Å². The van der Waals surface area contributed by atoms with Gasteiger partial charge in [0.05, 0.1) is 11.2 Å². The maximum atomic E-state index is 11.4. The van der Waals surface area contributed by atoms with Crippen molar-refractivity contribution in [1.82, 2.24) is 10.3 Å². The summed E-state index contributed by atoms with van der Waals surface area (Å²) in [5.74, 6) is 0.118. The molecule has 4 heteroatoms. The van der Waals surface area contributed by atoms with Crippen LogP contribution in [0, 0.1) is 0 Å². The van der Waals surface area contributed by atoms with E-state index in [0.29, 0.717) is 6.42 Å². The number of rotatable bonds is 5. The zero-order valence-electron chi connectivity index (χ0n) is 8.62. The van der Waals surface area contributed by atoms with Crippen LogP contribution in [0.4, 0.5) is 0 Å². The lowest BCUT2D eigenvalue weighted by Gasteiger charge is -2.10. The molecule has 0 bridgehead atoms. The minimum atomic E-state index is 0.118. The number of thiazole rings is 1. The van der Waals surface area contributed by atoms with Gasteiger partial charge in [-0.3, -0.25) is 4.79 Å². The van der Waals surface area contributed by atoms with Gasteiger partial charge in [-0.1, -0.05) is 6.92 Å². The molecule has 0 aliphatic carbocycles. The molecule has 0 saturated heterocycles. The standard InChI is InChI=1S/C10H16N2OS/c1-3-8(2)12-10(13)5-4-9-6-14-7-11-9/h6-8H,3-5H2,1-2H3,(H,12,13). The van der Waals surface area contributed by atoms with Gasteiger partial charge in [0, 0.05) is 17.8 Å². The van der Waals surface area contributed by atoms with Crippen LogP contribution in [0.1, 0.15) is 32.4 Å². The highest BCUT2D eigenvalue weighted by Gasteiger charge is 2.05. The van der Waals surface area contributed by atoms with Crippen LogP contribution in [0.15, 0.2) is 10.9 Å². The number of hydrogen-bond donors (Lipinski definition) is 1. The van der Waals surface area contributed by atoms with Crippen molar-refractivity contribution in [2.75, 3.05) is 0 Å². The van der Waals surface area contributed by atoms with Gasteiger partial charge in [-0.25, -0.2) is 4.98 Å². The van der Waals surface area contributed by atoms with Gasteiger partial charge in [0.1, 0.15) is 0 Å². The van der Waals surface area contributed by atoms with Crippen molar-refractivity contribution in [3.8, 4) is 0 Å². The molecule has 78 valence electrons. The van der Waals surface area contributed by atoms with E-state index >= 15 is 0 Å². The molecular formula is C10H16N2OS. The maximum Gasteiger partial charge on any atom is 0.220 e. The lowest BCUT2D eigenvalue weighted by molar-refractivity contribution is -0.121. The number of aryl methyl sites for hydroxylation is 1. The largest absolute Gasteiger partial charge is 0.354 e. The summed E-state index contributed by atoms with van der Waals surface area (Å²) >= 11 is 1.57. The van der Waals surface area contributed by atoms with Crippen LogP contribution in [0.25, 0.3) is 0 Å². The van der Waals surface area contributed by atoms with E-state index in [-0.39, 0.29) is 11.9 Å². The van der Waals surface area contributed by atoms with Gasteiger partial charge >= 0.3 is 0 Å². The average Bonchev–Trinajstić information content (AvgIpc) is 2.67. The molecular weight excluding hydrogens is 196 g/mol. The van der Waals surface area contributed by atoms with Gasteiger partial charge in [-0.15, -0.1) is 11.3 Å². The van der Waals surface area contributed by atoms with Gasteiger partial charge in [-0.2, -0.15) is 0 Å². The van der Waals surface area contributed by atoms with Crippen LogP contribution in [-0.4, -0.2) is 16.9 Å². The fraction of sp³-hybridized carbons (Fsp3) is 0.600. The molecule has 3 nitrogen and oxygen atoms in total. The number of carbonyl (C=O) groups is 1. The summed E-state index contributed by atoms with van der Waals surface area (Å²) in [5.41, 5.74) is 2.80. The Bertz CT molecular complexity index is 272. The van der Waals surface area contributed by atoms with Crippen molar-refractivity contribution in [2.45, 2.75) is 39.2 Å². The van der Waals surface area contributed by atoms with E-state index in [1.54, 1.807) is 16.8 Å². The molecule has 1 rings (SSSR count). The molecule has 0 aliphatic heterocycles. The van der Waals surface area contributed by atoms with Crippen LogP contribution < -0.4 is 5.32 Å². The second-order valence-electron chi connectivity index (χ2n) is 3.36. The van der Waals surface area contributed by atoms with Crippen molar-refractivity contribution in [1.29, 1.82) is 0 Å². The van der Waals surface area contributed by atoms with Crippen LogP contribution >= 0.6 is 11.3 Å². The first-order valence-corrected chi connectivity index (χ1v) is 5.83. The number of aromatic nitrogens is 1. The highest BCUT2D eigenvalue weighted by molar-refractivity contribution is 7.07. The fourth-order valence-corrected chi connectivity index (χ4v) is 1.64. The number of nitrogens with one attached hydrogen (secondary N) is 1. The van der Waals surface area contributed by atoms with Crippen molar-refractivity contribution < 1.29 is 4.79 Å². The zero-order valence-corrected chi connectivity index (χ0v) is 9.43. The highest BCUT2D eigenvalue weighted by Crippen LogP contribution is 2.03. The lowest BCUT2D eigenvalue weighted by atomic mass is 10.2. The minimum Gasteiger partial charge on any atom is -0.354 e. The number of hydrogen-bond acceptors (Lipinski definition) is 3. The van der Waals surface area contributed by atoms with Crippen LogP contribution in [0.5, 0.6) is 0 Å². The molecule has 1 aromatic rings. The van der Waals surface area contributed by atoms with E-state index in [0.717, 1.165) is 18.5 Å². The van der Waals surface area contributed by atoms with Crippen molar-refractivity contribution in [3.05, 3.63) is 16.6 Å². The Hall–Kier alpha value is -0.900. The monoisotopic (exact) mass is 212 g/mol. The molecule has 1 unspecified atom stereocenters. The summed E-state index contributed by atoms with van der Waals surface area (Å²) in [6.07, 6.45) is 2.25. The Balaban J connectivity index is 2.22. The Morgan fingerprint density at radius 3 is 3.07 bits per heavy atom. The van der Waals surface area contributed by atoms with Gasteiger partial charge in [0.25, 0.3) is 0 Å². The highest BCUT2D eigenvalue weighted by atomic mass is 32.1. The maximum absolute atomic E-state index is 11.4. The molecule has 1 aromatic heterocycles. The Labute approximate surface area is 88.6 Å². The third-order valence-corrected chi connectivity index (χ3v) is 2.75. The van der Waals surface area contributed by atoms with Crippen LogP contribution in [0.2, 0.25) is 0 Å². The number of carbonyl (C=O) groups excluding carboxylic acids is 1. The van der Waals surface area contributed by atoms with Gasteiger partial charge in [-0.05, 0) is 19.8 Å². The third-order valence-electron chi connectivity index (χ3n) is 2.11. The minimum absolute atomic E-state index is 0.118. The van der Waals surface area contributed by atoms with E-state index in [9.17, 15) is 4.79 Å². The van der Waals surface area contributed by atoms with Crippen LogP contribution in [-0.2, 0) is 11.2 Å². The molecule has 0 aromatic carbocycles. The second-order valence-corrected chi connectivity index (χ2v) is 4.08. The second kappa shape index (κ2) is 5.75. The van der Waals surface area contributed by atoms with Gasteiger partial charge in [0.2, 0.25) is 5.91 Å². The topological polar surface area (TPSA) is 42.0 Å². The summed E-state index contributed by atoms with van der Waals surface area (Å²) in [6, 6.07) is 0.276. The number of amides is 1. The van der Waals surface area contributed by atoms with Gasteiger partial charge < -0.3 is 5.32 Å². The van der Waals surface area contributed by atoms with E-state index in [1.807, 2.05) is 12.3 Å². The molecule has 1 amide bonds. The van der Waals surface area contributed by atoms with E-state index < -0.39 is 0 Å². The molecule has 1 N–H and O–H groups in total. The van der Waals surface area contributed by atoms with E-state index in [2.05, 4.69) is 17.2 Å². The molecule has 0 fully saturated rings. The van der Waals surface area contributed by atoms with Crippen molar-refractivity contribution in [3.63, 3.8) is 0 Å². The van der Waals surface area contributed by atoms with Crippen molar-refractivity contribution >= 4 is 17.2 Å². The molecule has 14 heavy (non-hydrogen) atoms. The predicted octanol–water partition coefficient (Wildman–Crippen LogP) is 1.99. The first kappa shape index (κ1) is 11.2. The SMILES string of the molecule is CCC(C)NC(=O)CCc1cscn1. The first-order chi connectivity index (χ1) is 6.72. The molecule has 0 aliphatic rings. The Kier molecular flexibility index (Phi) is 4.59. The number of nitrogens with zero attached hydrogens (tertiary/aromatic N) is 1. The summed E-state index contributed by atoms with van der Waals surface area (Å²) < 4.78 is 0. The van der Waals surface area contributed by atoms with Crippen molar-refractivity contribution in [2.24, 2.45) is 0 Å². The normalized spacial score (nSPS) is 12.4. The lowest BCUT2D eigenvalue weighted by Crippen LogP contribution is -2.32. The fourth-order valence-electron chi connectivity index (χ4n) is 1.05. The molecule has 0 radical (unpaired) electrons. The Morgan fingerprint density at radius 1 is 1.71 bits per heavy atom. The summed E-state index contributed by atoms with van der Waals surface area (Å²) in [7, 11) is 0.